The Bertz CT molecular complexity index is 1560. The van der Waals surface area contributed by atoms with Crippen molar-refractivity contribution in [3.63, 3.8) is 0 Å². The van der Waals surface area contributed by atoms with Crippen molar-refractivity contribution >= 4 is 11.4 Å². The van der Waals surface area contributed by atoms with Gasteiger partial charge in [-0.1, -0.05) is 104 Å². The molecule has 0 aromatic heterocycles. The fourth-order valence-electron chi connectivity index (χ4n) is 9.76. The summed E-state index contributed by atoms with van der Waals surface area (Å²) < 4.78 is 0. The van der Waals surface area contributed by atoms with Gasteiger partial charge in [0, 0.05) is 28.8 Å². The molecule has 0 saturated heterocycles. The third kappa shape index (κ3) is 7.05. The number of rotatable bonds is 8. The molecule has 5 aliphatic rings. The molecule has 1 fully saturated rings. The van der Waals surface area contributed by atoms with Crippen molar-refractivity contribution in [2.45, 2.75) is 142 Å². The SMILES string of the molecule is CC1=CC[C@@H](N(C2=CC[C@H](C)CC2)C2=CC[C@@H](C3(c4ccc(N(c5ccc(C)cc5)[C@@H]5CC=C(C)CC5)cc4)CCCCC3)CC2)C=C1. The highest BCUT2D eigenvalue weighted by Crippen LogP contribution is 2.51. The van der Waals surface area contributed by atoms with Crippen molar-refractivity contribution in [3.05, 3.63) is 119 Å². The van der Waals surface area contributed by atoms with Crippen molar-refractivity contribution in [2.24, 2.45) is 11.8 Å². The van der Waals surface area contributed by atoms with E-state index >= 15 is 0 Å². The van der Waals surface area contributed by atoms with Crippen LogP contribution in [0, 0.1) is 18.8 Å². The molecular weight excluding hydrogens is 581 g/mol. The average Bonchev–Trinajstić information content (AvgIpc) is 3.13. The first-order chi connectivity index (χ1) is 23.4. The van der Waals surface area contributed by atoms with Crippen molar-refractivity contribution in [2.75, 3.05) is 4.90 Å². The van der Waals surface area contributed by atoms with Crippen LogP contribution in [0.4, 0.5) is 11.4 Å². The van der Waals surface area contributed by atoms with E-state index in [4.69, 9.17) is 0 Å². The predicted octanol–water partition coefficient (Wildman–Crippen LogP) is 12.8. The molecule has 0 heterocycles. The van der Waals surface area contributed by atoms with Gasteiger partial charge in [0.2, 0.25) is 0 Å². The fraction of sp³-hybridized carbons (Fsp3) is 0.522. The number of aryl methyl sites for hydroxylation is 1. The third-order valence-electron chi connectivity index (χ3n) is 12.8. The van der Waals surface area contributed by atoms with Crippen LogP contribution in [0.2, 0.25) is 0 Å². The van der Waals surface area contributed by atoms with E-state index in [0.717, 1.165) is 24.7 Å². The van der Waals surface area contributed by atoms with Gasteiger partial charge in [-0.05, 0) is 145 Å². The van der Waals surface area contributed by atoms with E-state index in [9.17, 15) is 0 Å². The lowest BCUT2D eigenvalue weighted by atomic mass is 9.59. The zero-order valence-corrected chi connectivity index (χ0v) is 30.4. The molecule has 1 saturated carbocycles. The van der Waals surface area contributed by atoms with Crippen molar-refractivity contribution in [3.8, 4) is 0 Å². The molecule has 254 valence electrons. The topological polar surface area (TPSA) is 6.48 Å². The van der Waals surface area contributed by atoms with Crippen molar-refractivity contribution in [1.82, 2.24) is 4.90 Å². The highest BCUT2D eigenvalue weighted by atomic mass is 15.2. The Balaban J connectivity index is 1.15. The summed E-state index contributed by atoms with van der Waals surface area (Å²) in [6, 6.07) is 20.2. The average molecular weight is 641 g/mol. The Hall–Kier alpha value is -3.26. The molecule has 2 aromatic rings. The highest BCUT2D eigenvalue weighted by Gasteiger charge is 2.42. The lowest BCUT2D eigenvalue weighted by Gasteiger charge is -2.47. The normalized spacial score (nSPS) is 27.3. The van der Waals surface area contributed by atoms with Gasteiger partial charge in [-0.25, -0.2) is 0 Å². The predicted molar refractivity (Wildman–Crippen MR) is 206 cm³/mol. The summed E-state index contributed by atoms with van der Waals surface area (Å²) in [6.45, 7) is 9.15. The van der Waals surface area contributed by atoms with E-state index < -0.39 is 0 Å². The first kappa shape index (κ1) is 33.2. The van der Waals surface area contributed by atoms with Crippen LogP contribution < -0.4 is 4.90 Å². The van der Waals surface area contributed by atoms with Gasteiger partial charge in [-0.3, -0.25) is 0 Å². The van der Waals surface area contributed by atoms with Gasteiger partial charge in [0.15, 0.2) is 0 Å². The van der Waals surface area contributed by atoms with E-state index in [1.807, 2.05) is 0 Å². The van der Waals surface area contributed by atoms with E-state index in [-0.39, 0.29) is 0 Å². The molecular formula is C46H60N2. The Morgan fingerprint density at radius 1 is 0.625 bits per heavy atom. The number of hydrogen-bond donors (Lipinski definition) is 0. The maximum absolute atomic E-state index is 2.78. The molecule has 0 N–H and O–H groups in total. The Morgan fingerprint density at radius 3 is 1.90 bits per heavy atom. The Kier molecular flexibility index (Phi) is 10.2. The molecule has 2 nitrogen and oxygen atoms in total. The fourth-order valence-corrected chi connectivity index (χ4v) is 9.76. The summed E-state index contributed by atoms with van der Waals surface area (Å²) in [5.74, 6) is 1.54. The smallest absolute Gasteiger partial charge is 0.0553 e. The van der Waals surface area contributed by atoms with Gasteiger partial charge in [-0.15, -0.1) is 0 Å². The van der Waals surface area contributed by atoms with Crippen LogP contribution in [0.3, 0.4) is 0 Å². The number of anilines is 2. The standard InChI is InChI=1S/C46H60N2/c1-34-8-20-40(21-9-34)47(41-22-10-35(2)11-23-41)44-28-16-38(17-29-44)46(32-6-5-7-33-46)39-18-30-45(31-19-39)48(42-24-12-36(3)13-25-42)43-26-14-37(4)15-27-43/h8-10,12-13,16-17,20-21,24,26,28-30,37,39,41-42H,5-7,11,14-15,18-19,22-23,25,27,31-33H2,1-4H3/t37-,39+,41+,42-/m0/s1. The lowest BCUT2D eigenvalue weighted by molar-refractivity contribution is 0.168. The van der Waals surface area contributed by atoms with Gasteiger partial charge >= 0.3 is 0 Å². The van der Waals surface area contributed by atoms with Crippen LogP contribution >= 0.6 is 0 Å². The second-order valence-corrected chi connectivity index (χ2v) is 16.2. The zero-order chi connectivity index (χ0) is 33.1. The van der Waals surface area contributed by atoms with Crippen molar-refractivity contribution < 1.29 is 0 Å². The van der Waals surface area contributed by atoms with Gasteiger partial charge in [0.1, 0.15) is 0 Å². The number of allylic oxidation sites excluding steroid dienone is 7. The summed E-state index contributed by atoms with van der Waals surface area (Å²) in [5, 5.41) is 0. The molecule has 0 spiro atoms. The third-order valence-corrected chi connectivity index (χ3v) is 12.8. The Labute approximate surface area is 292 Å². The molecule has 5 aliphatic carbocycles. The van der Waals surface area contributed by atoms with Crippen LogP contribution in [0.1, 0.15) is 128 Å². The minimum absolute atomic E-state index is 0.299. The molecule has 0 aliphatic heterocycles. The molecule has 7 rings (SSSR count). The molecule has 0 radical (unpaired) electrons. The number of benzene rings is 2. The molecule has 4 atom stereocenters. The molecule has 48 heavy (non-hydrogen) atoms. The second-order valence-electron chi connectivity index (χ2n) is 16.2. The van der Waals surface area contributed by atoms with Gasteiger partial charge in [-0.2, -0.15) is 0 Å². The maximum Gasteiger partial charge on any atom is 0.0553 e. The maximum atomic E-state index is 2.78. The molecule has 0 unspecified atom stereocenters. The Morgan fingerprint density at radius 2 is 1.31 bits per heavy atom. The van der Waals surface area contributed by atoms with Crippen LogP contribution in [0.25, 0.3) is 0 Å². The van der Waals surface area contributed by atoms with E-state index in [2.05, 4.69) is 122 Å². The van der Waals surface area contributed by atoms with Crippen LogP contribution in [-0.4, -0.2) is 17.0 Å². The first-order valence-electron chi connectivity index (χ1n) is 19.5. The summed E-state index contributed by atoms with van der Waals surface area (Å²) >= 11 is 0. The van der Waals surface area contributed by atoms with Gasteiger partial charge in [0.05, 0.1) is 6.04 Å². The molecule has 0 bridgehead atoms. The molecule has 2 aromatic carbocycles. The molecule has 0 amide bonds. The van der Waals surface area contributed by atoms with Crippen LogP contribution in [0.15, 0.2) is 108 Å². The van der Waals surface area contributed by atoms with Crippen LogP contribution in [-0.2, 0) is 5.41 Å². The number of hydrogen-bond acceptors (Lipinski definition) is 2. The highest BCUT2D eigenvalue weighted by molar-refractivity contribution is 5.65. The van der Waals surface area contributed by atoms with E-state index in [1.165, 1.54) is 106 Å². The second kappa shape index (κ2) is 14.7. The quantitative estimate of drug-likeness (QED) is 0.265. The summed E-state index contributed by atoms with van der Waals surface area (Å²) in [5.41, 5.74) is 12.1. The summed E-state index contributed by atoms with van der Waals surface area (Å²) in [6.07, 6.45) is 34.0. The first-order valence-corrected chi connectivity index (χ1v) is 19.5. The zero-order valence-electron chi connectivity index (χ0n) is 30.4. The van der Waals surface area contributed by atoms with Gasteiger partial charge in [0.25, 0.3) is 0 Å². The largest absolute Gasteiger partial charge is 0.342 e. The van der Waals surface area contributed by atoms with E-state index in [1.54, 1.807) is 22.5 Å². The number of nitrogens with zero attached hydrogens (tertiary/aromatic N) is 2. The lowest BCUT2D eigenvalue weighted by Crippen LogP contribution is -2.40. The van der Waals surface area contributed by atoms with Crippen LogP contribution in [0.5, 0.6) is 0 Å². The van der Waals surface area contributed by atoms with Crippen molar-refractivity contribution in [1.29, 1.82) is 0 Å². The summed E-state index contributed by atoms with van der Waals surface area (Å²) in [4.78, 5) is 5.42. The minimum Gasteiger partial charge on any atom is -0.342 e. The minimum atomic E-state index is 0.299. The van der Waals surface area contributed by atoms with Gasteiger partial charge < -0.3 is 9.80 Å². The molecule has 2 heteroatoms. The monoisotopic (exact) mass is 640 g/mol. The summed E-state index contributed by atoms with van der Waals surface area (Å²) in [7, 11) is 0. The van der Waals surface area contributed by atoms with E-state index in [0.29, 0.717) is 17.5 Å².